The zero-order valence-electron chi connectivity index (χ0n) is 12.2. The summed E-state index contributed by atoms with van der Waals surface area (Å²) in [6, 6.07) is 6.41. The fraction of sp³-hybridized carbons (Fsp3) is 0.625. The lowest BCUT2D eigenvalue weighted by Gasteiger charge is -2.43. The Morgan fingerprint density at radius 3 is 2.58 bits per heavy atom. The molecule has 1 saturated heterocycles. The van der Waals surface area contributed by atoms with E-state index in [4.69, 9.17) is 11.6 Å². The van der Waals surface area contributed by atoms with Crippen LogP contribution in [0.15, 0.2) is 18.2 Å². The Balaban J connectivity index is 2.30. The minimum absolute atomic E-state index is 0.469. The highest BCUT2D eigenvalue weighted by molar-refractivity contribution is 6.33. The van der Waals surface area contributed by atoms with Crippen molar-refractivity contribution in [1.29, 1.82) is 0 Å². The number of halogens is 1. The van der Waals surface area contributed by atoms with Crippen LogP contribution in [0.4, 0.5) is 5.69 Å². The van der Waals surface area contributed by atoms with E-state index in [9.17, 15) is 5.11 Å². The Kier molecular flexibility index (Phi) is 4.42. The smallest absolute Gasteiger partial charge is 0.0762 e. The van der Waals surface area contributed by atoms with E-state index in [1.165, 1.54) is 6.42 Å². The second-order valence-electron chi connectivity index (χ2n) is 6.10. The summed E-state index contributed by atoms with van der Waals surface area (Å²) in [6.45, 7) is 9.70. The molecule has 3 heteroatoms. The molecule has 2 rings (SSSR count). The van der Waals surface area contributed by atoms with Gasteiger partial charge in [-0.25, -0.2) is 0 Å². The normalized spacial score (nSPS) is 29.4. The van der Waals surface area contributed by atoms with E-state index in [0.29, 0.717) is 17.9 Å². The number of piperidine rings is 1. The zero-order valence-corrected chi connectivity index (χ0v) is 13.0. The summed E-state index contributed by atoms with van der Waals surface area (Å²) in [5, 5.41) is 10.4. The van der Waals surface area contributed by atoms with Gasteiger partial charge < -0.3 is 10.0 Å². The van der Waals surface area contributed by atoms with Crippen molar-refractivity contribution in [2.45, 2.75) is 46.3 Å². The van der Waals surface area contributed by atoms with Gasteiger partial charge in [-0.1, -0.05) is 31.5 Å². The van der Waals surface area contributed by atoms with Crippen LogP contribution in [0.25, 0.3) is 0 Å². The molecule has 1 aliphatic rings. The first-order chi connectivity index (χ1) is 8.90. The molecule has 4 unspecified atom stereocenters. The third-order valence-corrected chi connectivity index (χ3v) is 4.66. The average Bonchev–Trinajstić information content (AvgIpc) is 2.33. The van der Waals surface area contributed by atoms with Crippen LogP contribution in [0.3, 0.4) is 0 Å². The van der Waals surface area contributed by atoms with Crippen LogP contribution < -0.4 is 4.90 Å². The molecule has 0 saturated carbocycles. The van der Waals surface area contributed by atoms with Crippen molar-refractivity contribution in [2.75, 3.05) is 11.4 Å². The highest BCUT2D eigenvalue weighted by atomic mass is 35.5. The van der Waals surface area contributed by atoms with E-state index in [2.05, 4.69) is 25.7 Å². The predicted octanol–water partition coefficient (Wildman–Crippen LogP) is 4.26. The summed E-state index contributed by atoms with van der Waals surface area (Å²) in [5.41, 5.74) is 1.97. The molecular formula is C16H24ClNO. The summed E-state index contributed by atoms with van der Waals surface area (Å²) in [4.78, 5) is 2.41. The predicted molar refractivity (Wildman–Crippen MR) is 81.8 cm³/mol. The van der Waals surface area contributed by atoms with Gasteiger partial charge in [0, 0.05) is 12.6 Å². The largest absolute Gasteiger partial charge is 0.389 e. The summed E-state index contributed by atoms with van der Waals surface area (Å²) < 4.78 is 0. The Bertz CT molecular complexity index is 446. The van der Waals surface area contributed by atoms with Gasteiger partial charge in [-0.3, -0.25) is 0 Å². The molecular weight excluding hydrogens is 258 g/mol. The number of benzene rings is 1. The van der Waals surface area contributed by atoms with Crippen molar-refractivity contribution in [1.82, 2.24) is 0 Å². The van der Waals surface area contributed by atoms with Crippen molar-refractivity contribution >= 4 is 17.3 Å². The molecule has 1 N–H and O–H groups in total. The van der Waals surface area contributed by atoms with Crippen LogP contribution in [-0.4, -0.2) is 17.7 Å². The van der Waals surface area contributed by atoms with Gasteiger partial charge in [0.25, 0.3) is 0 Å². The lowest BCUT2D eigenvalue weighted by atomic mass is 9.85. The van der Waals surface area contributed by atoms with Gasteiger partial charge in [0.05, 0.1) is 16.8 Å². The van der Waals surface area contributed by atoms with Gasteiger partial charge in [0.2, 0.25) is 0 Å². The maximum absolute atomic E-state index is 9.61. The number of aliphatic hydroxyl groups is 1. The first-order valence-corrected chi connectivity index (χ1v) is 7.52. The number of rotatable bonds is 2. The number of hydrogen-bond acceptors (Lipinski definition) is 2. The maximum atomic E-state index is 9.61. The van der Waals surface area contributed by atoms with Crippen LogP contribution >= 0.6 is 11.6 Å². The molecule has 1 aromatic rings. The topological polar surface area (TPSA) is 23.5 Å². The summed E-state index contributed by atoms with van der Waals surface area (Å²) >= 11 is 6.41. The lowest BCUT2D eigenvalue weighted by Crippen LogP contribution is -2.46. The minimum atomic E-state index is -0.469. The summed E-state index contributed by atoms with van der Waals surface area (Å²) in [7, 11) is 0. The highest BCUT2D eigenvalue weighted by Gasteiger charge is 2.29. The second kappa shape index (κ2) is 5.72. The van der Waals surface area contributed by atoms with Gasteiger partial charge in [-0.05, 0) is 49.8 Å². The molecule has 4 atom stereocenters. The third kappa shape index (κ3) is 3.06. The van der Waals surface area contributed by atoms with Crippen LogP contribution in [-0.2, 0) is 0 Å². The molecule has 1 heterocycles. The van der Waals surface area contributed by atoms with E-state index in [1.807, 2.05) is 18.2 Å². The lowest BCUT2D eigenvalue weighted by molar-refractivity contribution is 0.199. The molecule has 0 radical (unpaired) electrons. The average molecular weight is 282 g/mol. The van der Waals surface area contributed by atoms with Crippen molar-refractivity contribution in [3.8, 4) is 0 Å². The van der Waals surface area contributed by atoms with E-state index in [1.54, 1.807) is 6.92 Å². The molecule has 0 spiro atoms. The number of aliphatic hydroxyl groups excluding tert-OH is 1. The fourth-order valence-electron chi connectivity index (χ4n) is 3.05. The monoisotopic (exact) mass is 281 g/mol. The third-order valence-electron chi connectivity index (χ3n) is 4.36. The Hall–Kier alpha value is -0.730. The van der Waals surface area contributed by atoms with Crippen molar-refractivity contribution in [3.63, 3.8) is 0 Å². The van der Waals surface area contributed by atoms with Crippen molar-refractivity contribution < 1.29 is 5.11 Å². The van der Waals surface area contributed by atoms with Crippen LogP contribution in [0.1, 0.15) is 45.8 Å². The minimum Gasteiger partial charge on any atom is -0.389 e. The Labute approximate surface area is 121 Å². The van der Waals surface area contributed by atoms with Crippen LogP contribution in [0.5, 0.6) is 0 Å². The Morgan fingerprint density at radius 2 is 2.00 bits per heavy atom. The van der Waals surface area contributed by atoms with Crippen molar-refractivity contribution in [2.24, 2.45) is 11.8 Å². The van der Waals surface area contributed by atoms with E-state index < -0.39 is 6.10 Å². The van der Waals surface area contributed by atoms with Crippen molar-refractivity contribution in [3.05, 3.63) is 28.8 Å². The van der Waals surface area contributed by atoms with Gasteiger partial charge >= 0.3 is 0 Å². The summed E-state index contributed by atoms with van der Waals surface area (Å²) in [5.74, 6) is 1.37. The van der Waals surface area contributed by atoms with E-state index >= 15 is 0 Å². The number of anilines is 1. The molecule has 0 aromatic heterocycles. The van der Waals surface area contributed by atoms with Gasteiger partial charge in [-0.2, -0.15) is 0 Å². The molecule has 0 amide bonds. The molecule has 0 aliphatic carbocycles. The fourth-order valence-corrected chi connectivity index (χ4v) is 3.35. The van der Waals surface area contributed by atoms with Gasteiger partial charge in [-0.15, -0.1) is 0 Å². The zero-order chi connectivity index (χ0) is 14.2. The highest BCUT2D eigenvalue weighted by Crippen LogP contribution is 2.36. The van der Waals surface area contributed by atoms with E-state index in [0.717, 1.165) is 22.8 Å². The Morgan fingerprint density at radius 1 is 1.32 bits per heavy atom. The van der Waals surface area contributed by atoms with Crippen LogP contribution in [0.2, 0.25) is 5.02 Å². The number of nitrogens with zero attached hydrogens (tertiary/aromatic N) is 1. The van der Waals surface area contributed by atoms with Gasteiger partial charge in [0.1, 0.15) is 0 Å². The molecule has 0 bridgehead atoms. The first kappa shape index (κ1) is 14.7. The maximum Gasteiger partial charge on any atom is 0.0762 e. The molecule has 106 valence electrons. The standard InChI is InChI=1S/C16H24ClNO/c1-10-7-11(2)12(3)18(9-10)16-6-5-14(13(4)19)8-15(16)17/h5-6,8,10-13,19H,7,9H2,1-4H3. The first-order valence-electron chi connectivity index (χ1n) is 7.14. The molecule has 19 heavy (non-hydrogen) atoms. The van der Waals surface area contributed by atoms with Crippen LogP contribution in [0, 0.1) is 11.8 Å². The SMILES string of the molecule is CC1CC(C)C(C)N(c2ccc(C(C)O)cc2Cl)C1. The summed E-state index contributed by atoms with van der Waals surface area (Å²) in [6.07, 6.45) is 0.810. The van der Waals surface area contributed by atoms with Gasteiger partial charge in [0.15, 0.2) is 0 Å². The molecule has 1 fully saturated rings. The van der Waals surface area contributed by atoms with E-state index in [-0.39, 0.29) is 0 Å². The quantitative estimate of drug-likeness (QED) is 0.875. The second-order valence-corrected chi connectivity index (χ2v) is 6.51. The molecule has 1 aliphatic heterocycles. The number of hydrogen-bond donors (Lipinski definition) is 1. The molecule has 2 nitrogen and oxygen atoms in total. The molecule has 1 aromatic carbocycles.